The van der Waals surface area contributed by atoms with E-state index in [1.807, 2.05) is 17.9 Å². The third kappa shape index (κ3) is 4.42. The number of amides is 2. The van der Waals surface area contributed by atoms with Crippen molar-refractivity contribution in [2.45, 2.75) is 52.6 Å². The lowest BCUT2D eigenvalue weighted by atomic mass is 10.1. The Morgan fingerprint density at radius 3 is 2.62 bits per heavy atom. The second-order valence-corrected chi connectivity index (χ2v) is 8.82. The first-order chi connectivity index (χ1) is 15.1. The highest BCUT2D eigenvalue weighted by Gasteiger charge is 2.35. The lowest BCUT2D eigenvalue weighted by Gasteiger charge is -2.33. The molecule has 9 heteroatoms. The Labute approximate surface area is 185 Å². The molecule has 170 valence electrons. The fourth-order valence-electron chi connectivity index (χ4n) is 4.09. The summed E-state index contributed by atoms with van der Waals surface area (Å²) in [6.45, 7) is 6.75. The Bertz CT molecular complexity index is 1050. The van der Waals surface area contributed by atoms with Gasteiger partial charge in [-0.15, -0.1) is 0 Å². The summed E-state index contributed by atoms with van der Waals surface area (Å²) in [5, 5.41) is 2.81. The van der Waals surface area contributed by atoms with Gasteiger partial charge in [0.1, 0.15) is 11.6 Å². The predicted molar refractivity (Wildman–Crippen MR) is 117 cm³/mol. The van der Waals surface area contributed by atoms with Crippen LogP contribution in [0.3, 0.4) is 0 Å². The molecule has 0 atom stereocenters. The van der Waals surface area contributed by atoms with Gasteiger partial charge in [-0.3, -0.25) is 9.59 Å². The highest BCUT2D eigenvalue weighted by Crippen LogP contribution is 2.32. The largest absolute Gasteiger partial charge is 0.356 e. The van der Waals surface area contributed by atoms with Crippen LogP contribution in [0.2, 0.25) is 0 Å². The van der Waals surface area contributed by atoms with Gasteiger partial charge in [0.2, 0.25) is 5.91 Å². The van der Waals surface area contributed by atoms with E-state index >= 15 is 0 Å². The van der Waals surface area contributed by atoms with Gasteiger partial charge in [-0.2, -0.15) is 0 Å². The normalized spacial score (nSPS) is 17.6. The number of carbonyl (C=O) groups excluding carboxylic acids is 2. The first-order valence-corrected chi connectivity index (χ1v) is 10.8. The fourth-order valence-corrected chi connectivity index (χ4v) is 4.09. The predicted octanol–water partition coefficient (Wildman–Crippen LogP) is 3.77. The summed E-state index contributed by atoms with van der Waals surface area (Å²) in [5.41, 5.74) is 3.00. The number of halogens is 2. The van der Waals surface area contributed by atoms with Gasteiger partial charge in [0, 0.05) is 61.9 Å². The molecule has 0 unspecified atom stereocenters. The third-order valence-electron chi connectivity index (χ3n) is 5.96. The molecule has 0 aliphatic carbocycles. The summed E-state index contributed by atoms with van der Waals surface area (Å²) in [6, 6.07) is 3.62. The first kappa shape index (κ1) is 22.1. The van der Waals surface area contributed by atoms with Crippen LogP contribution in [0.5, 0.6) is 0 Å². The van der Waals surface area contributed by atoms with Crippen molar-refractivity contribution >= 4 is 23.5 Å². The number of alkyl halides is 2. The van der Waals surface area contributed by atoms with E-state index in [4.69, 9.17) is 0 Å². The number of fused-ring (bicyclic) bond motifs is 1. The molecular weight excluding hydrogens is 416 g/mol. The molecule has 1 saturated heterocycles. The van der Waals surface area contributed by atoms with Crippen LogP contribution in [-0.4, -0.2) is 45.7 Å². The number of anilines is 2. The van der Waals surface area contributed by atoms with E-state index in [2.05, 4.69) is 15.3 Å². The number of hydrogen-bond acceptors (Lipinski definition) is 5. The van der Waals surface area contributed by atoms with E-state index in [1.165, 1.54) is 6.20 Å². The molecule has 0 bridgehead atoms. The van der Waals surface area contributed by atoms with E-state index in [-0.39, 0.29) is 43.7 Å². The maximum atomic E-state index is 13.5. The maximum Gasteiger partial charge on any atom is 0.255 e. The molecule has 2 amide bonds. The van der Waals surface area contributed by atoms with Crippen molar-refractivity contribution in [3.05, 3.63) is 46.8 Å². The number of carbonyl (C=O) groups is 2. The van der Waals surface area contributed by atoms with Crippen LogP contribution in [-0.2, 0) is 17.9 Å². The van der Waals surface area contributed by atoms with Crippen molar-refractivity contribution in [1.82, 2.24) is 14.9 Å². The molecule has 0 spiro atoms. The minimum atomic E-state index is -2.60. The van der Waals surface area contributed by atoms with Crippen molar-refractivity contribution < 1.29 is 18.4 Å². The Balaban J connectivity index is 1.47. The minimum Gasteiger partial charge on any atom is -0.356 e. The van der Waals surface area contributed by atoms with Crippen molar-refractivity contribution in [3.8, 4) is 0 Å². The molecule has 2 aromatic heterocycles. The second-order valence-electron chi connectivity index (χ2n) is 8.82. The number of pyridine rings is 2. The number of aromatic nitrogens is 2. The summed E-state index contributed by atoms with van der Waals surface area (Å²) >= 11 is 0. The standard InChI is InChI=1S/C23H27F2N5O2/c1-14(2)21(31)28-19-18-13-30(22(32)17(18)4-7-26-19)12-16-10-15(3)20(27-11-16)29-8-5-23(24,25)6-9-29/h4,7,10-11,14H,5-6,8-9,12-13H2,1-3H3,(H,26,28,31). The highest BCUT2D eigenvalue weighted by molar-refractivity contribution is 6.01. The van der Waals surface area contributed by atoms with Crippen LogP contribution in [0.4, 0.5) is 20.4 Å². The molecule has 2 aliphatic heterocycles. The van der Waals surface area contributed by atoms with Gasteiger partial charge in [0.05, 0.1) is 6.54 Å². The summed E-state index contributed by atoms with van der Waals surface area (Å²) in [5.74, 6) is -1.94. The van der Waals surface area contributed by atoms with E-state index in [9.17, 15) is 18.4 Å². The van der Waals surface area contributed by atoms with Gasteiger partial charge in [0.25, 0.3) is 11.8 Å². The van der Waals surface area contributed by atoms with Crippen LogP contribution in [0.15, 0.2) is 24.5 Å². The molecule has 4 rings (SSSR count). The zero-order valence-electron chi connectivity index (χ0n) is 18.5. The van der Waals surface area contributed by atoms with E-state index in [1.54, 1.807) is 31.0 Å². The molecule has 1 fully saturated rings. The van der Waals surface area contributed by atoms with Crippen molar-refractivity contribution in [2.24, 2.45) is 5.92 Å². The lowest BCUT2D eigenvalue weighted by Crippen LogP contribution is -2.40. The first-order valence-electron chi connectivity index (χ1n) is 10.8. The van der Waals surface area contributed by atoms with Crippen LogP contribution in [0.1, 0.15) is 53.7 Å². The molecule has 32 heavy (non-hydrogen) atoms. The van der Waals surface area contributed by atoms with E-state index in [0.29, 0.717) is 35.9 Å². The minimum absolute atomic E-state index is 0.123. The summed E-state index contributed by atoms with van der Waals surface area (Å²) < 4.78 is 26.9. The van der Waals surface area contributed by atoms with Crippen molar-refractivity contribution in [3.63, 3.8) is 0 Å². The Kier molecular flexibility index (Phi) is 5.83. The monoisotopic (exact) mass is 443 g/mol. The number of piperidine rings is 1. The average molecular weight is 443 g/mol. The molecule has 0 aromatic carbocycles. The van der Waals surface area contributed by atoms with Gasteiger partial charge in [-0.05, 0) is 30.2 Å². The number of nitrogens with zero attached hydrogens (tertiary/aromatic N) is 4. The zero-order chi connectivity index (χ0) is 23.0. The summed E-state index contributed by atoms with van der Waals surface area (Å²) in [4.78, 5) is 37.4. The number of hydrogen-bond donors (Lipinski definition) is 1. The maximum absolute atomic E-state index is 13.5. The van der Waals surface area contributed by atoms with Crippen LogP contribution in [0.25, 0.3) is 0 Å². The summed E-state index contributed by atoms with van der Waals surface area (Å²) in [6.07, 6.45) is 2.89. The smallest absolute Gasteiger partial charge is 0.255 e. The molecular formula is C23H27F2N5O2. The fraction of sp³-hybridized carbons (Fsp3) is 0.478. The zero-order valence-corrected chi connectivity index (χ0v) is 18.5. The topological polar surface area (TPSA) is 78.4 Å². The van der Waals surface area contributed by atoms with Gasteiger partial charge < -0.3 is 15.1 Å². The van der Waals surface area contributed by atoms with Crippen LogP contribution in [0, 0.1) is 12.8 Å². The van der Waals surface area contributed by atoms with Gasteiger partial charge >= 0.3 is 0 Å². The van der Waals surface area contributed by atoms with Crippen molar-refractivity contribution in [2.75, 3.05) is 23.3 Å². The molecule has 2 aromatic rings. The number of nitrogens with one attached hydrogen (secondary N) is 1. The van der Waals surface area contributed by atoms with Crippen LogP contribution >= 0.6 is 0 Å². The van der Waals surface area contributed by atoms with Gasteiger partial charge in [0.15, 0.2) is 0 Å². The molecule has 1 N–H and O–H groups in total. The molecule has 0 radical (unpaired) electrons. The van der Waals surface area contributed by atoms with Crippen LogP contribution < -0.4 is 10.2 Å². The molecule has 7 nitrogen and oxygen atoms in total. The Morgan fingerprint density at radius 2 is 1.97 bits per heavy atom. The quantitative estimate of drug-likeness (QED) is 0.761. The second kappa shape index (κ2) is 8.44. The van der Waals surface area contributed by atoms with E-state index in [0.717, 1.165) is 11.1 Å². The van der Waals surface area contributed by atoms with Gasteiger partial charge in [-0.1, -0.05) is 13.8 Å². The van der Waals surface area contributed by atoms with E-state index < -0.39 is 5.92 Å². The molecule has 2 aliphatic rings. The molecule has 4 heterocycles. The van der Waals surface area contributed by atoms with Gasteiger partial charge in [-0.25, -0.2) is 18.7 Å². The summed E-state index contributed by atoms with van der Waals surface area (Å²) in [7, 11) is 0. The Hall–Kier alpha value is -3.10. The SMILES string of the molecule is Cc1cc(CN2Cc3c(ccnc3NC(=O)C(C)C)C2=O)cnc1N1CCC(F)(F)CC1. The third-order valence-corrected chi connectivity index (χ3v) is 5.96. The lowest BCUT2D eigenvalue weighted by molar-refractivity contribution is -0.118. The number of aryl methyl sites for hydroxylation is 1. The molecule has 0 saturated carbocycles. The number of rotatable bonds is 5. The van der Waals surface area contributed by atoms with Crippen molar-refractivity contribution in [1.29, 1.82) is 0 Å². The Morgan fingerprint density at radius 1 is 1.25 bits per heavy atom. The highest BCUT2D eigenvalue weighted by atomic mass is 19.3. The average Bonchev–Trinajstić information content (AvgIpc) is 3.05.